The van der Waals surface area contributed by atoms with Crippen LogP contribution in [0.15, 0.2) is 16.6 Å². The lowest BCUT2D eigenvalue weighted by Crippen LogP contribution is -2.34. The summed E-state index contributed by atoms with van der Waals surface area (Å²) < 4.78 is 27.4. The molecule has 1 N–H and O–H groups in total. The van der Waals surface area contributed by atoms with Gasteiger partial charge in [0, 0.05) is 12.5 Å². The van der Waals surface area contributed by atoms with Crippen LogP contribution >= 0.6 is 15.9 Å². The number of halogens is 3. The minimum absolute atomic E-state index is 0.119. The Bertz CT molecular complexity index is 473. The molecule has 0 spiro atoms. The Balaban J connectivity index is 2.01. The molecule has 2 rings (SSSR count). The van der Waals surface area contributed by atoms with E-state index in [0.29, 0.717) is 6.42 Å². The second-order valence-electron chi connectivity index (χ2n) is 4.83. The van der Waals surface area contributed by atoms with Crippen molar-refractivity contribution in [2.75, 3.05) is 6.54 Å². The van der Waals surface area contributed by atoms with Gasteiger partial charge in [-0.25, -0.2) is 8.78 Å². The van der Waals surface area contributed by atoms with Crippen molar-refractivity contribution in [3.63, 3.8) is 0 Å². The predicted molar refractivity (Wildman–Crippen MR) is 73.3 cm³/mol. The molecule has 104 valence electrons. The molecular weight excluding hydrogens is 316 g/mol. The molecule has 0 saturated carbocycles. The number of nitrogens with one attached hydrogen (secondary N) is 1. The van der Waals surface area contributed by atoms with E-state index in [2.05, 4.69) is 21.2 Å². The standard InChI is InChI=1S/C14H16BrF2NO/c15-10-5-6-11(16)13(14(10)17)12(19)7-4-9-3-1-2-8-18-9/h5-6,9,18H,1-4,7-8H2. The molecule has 1 aromatic rings. The van der Waals surface area contributed by atoms with E-state index in [1.165, 1.54) is 6.07 Å². The SMILES string of the molecule is O=C(CCC1CCCCN1)c1c(F)ccc(Br)c1F. The second-order valence-corrected chi connectivity index (χ2v) is 5.68. The van der Waals surface area contributed by atoms with Crippen LogP contribution in [0, 0.1) is 11.6 Å². The van der Waals surface area contributed by atoms with Crippen LogP contribution in [-0.4, -0.2) is 18.4 Å². The summed E-state index contributed by atoms with van der Waals surface area (Å²) in [6.45, 7) is 0.957. The van der Waals surface area contributed by atoms with Gasteiger partial charge >= 0.3 is 0 Å². The largest absolute Gasteiger partial charge is 0.314 e. The predicted octanol–water partition coefficient (Wildman–Crippen LogP) is 3.83. The quantitative estimate of drug-likeness (QED) is 0.671. The van der Waals surface area contributed by atoms with Crippen LogP contribution in [-0.2, 0) is 0 Å². The van der Waals surface area contributed by atoms with Gasteiger partial charge in [0.15, 0.2) is 11.6 Å². The van der Waals surface area contributed by atoms with E-state index in [1.807, 2.05) is 0 Å². The van der Waals surface area contributed by atoms with Crippen molar-refractivity contribution < 1.29 is 13.6 Å². The molecule has 0 radical (unpaired) electrons. The average molecular weight is 332 g/mol. The monoisotopic (exact) mass is 331 g/mol. The van der Waals surface area contributed by atoms with E-state index in [9.17, 15) is 13.6 Å². The van der Waals surface area contributed by atoms with E-state index in [0.717, 1.165) is 31.9 Å². The Labute approximate surface area is 119 Å². The zero-order chi connectivity index (χ0) is 13.8. The maximum Gasteiger partial charge on any atom is 0.168 e. The number of hydrogen-bond acceptors (Lipinski definition) is 2. The minimum Gasteiger partial charge on any atom is -0.314 e. The van der Waals surface area contributed by atoms with Gasteiger partial charge in [0.1, 0.15) is 5.82 Å². The van der Waals surface area contributed by atoms with Crippen LogP contribution in [0.2, 0.25) is 0 Å². The first-order valence-corrected chi connectivity index (χ1v) is 7.29. The van der Waals surface area contributed by atoms with E-state index in [1.54, 1.807) is 0 Å². The molecule has 0 aliphatic carbocycles. The van der Waals surface area contributed by atoms with Gasteiger partial charge in [0.2, 0.25) is 0 Å². The lowest BCUT2D eigenvalue weighted by atomic mass is 9.97. The molecule has 1 aliphatic rings. The number of carbonyl (C=O) groups is 1. The molecule has 19 heavy (non-hydrogen) atoms. The molecule has 1 heterocycles. The smallest absolute Gasteiger partial charge is 0.168 e. The number of rotatable bonds is 4. The molecule has 5 heteroatoms. The van der Waals surface area contributed by atoms with Crippen LogP contribution in [0.5, 0.6) is 0 Å². The van der Waals surface area contributed by atoms with Gasteiger partial charge in [-0.3, -0.25) is 4.79 Å². The van der Waals surface area contributed by atoms with Gasteiger partial charge < -0.3 is 5.32 Å². The van der Waals surface area contributed by atoms with Crippen LogP contribution in [0.25, 0.3) is 0 Å². The molecule has 0 amide bonds. The third-order valence-corrected chi connectivity index (χ3v) is 4.07. The molecular formula is C14H16BrF2NO. The fraction of sp³-hybridized carbons (Fsp3) is 0.500. The zero-order valence-electron chi connectivity index (χ0n) is 10.5. The van der Waals surface area contributed by atoms with Crippen molar-refractivity contribution in [2.45, 2.75) is 38.1 Å². The van der Waals surface area contributed by atoms with E-state index < -0.39 is 23.0 Å². The zero-order valence-corrected chi connectivity index (χ0v) is 12.1. The number of hydrogen-bond donors (Lipinski definition) is 1. The number of benzene rings is 1. The highest BCUT2D eigenvalue weighted by atomic mass is 79.9. The first-order chi connectivity index (χ1) is 9.09. The first kappa shape index (κ1) is 14.6. The van der Waals surface area contributed by atoms with Crippen molar-refractivity contribution in [1.82, 2.24) is 5.32 Å². The molecule has 1 aliphatic heterocycles. The van der Waals surface area contributed by atoms with Gasteiger partial charge in [-0.15, -0.1) is 0 Å². The Kier molecular flexibility index (Phi) is 5.05. The maximum absolute atomic E-state index is 13.8. The van der Waals surface area contributed by atoms with Gasteiger partial charge in [-0.05, 0) is 53.9 Å². The molecule has 1 unspecified atom stereocenters. The van der Waals surface area contributed by atoms with Crippen LogP contribution in [0.3, 0.4) is 0 Å². The minimum atomic E-state index is -0.804. The third-order valence-electron chi connectivity index (χ3n) is 3.46. The van der Waals surface area contributed by atoms with Crippen molar-refractivity contribution in [1.29, 1.82) is 0 Å². The molecule has 2 nitrogen and oxygen atoms in total. The van der Waals surface area contributed by atoms with Crippen LogP contribution in [0.4, 0.5) is 8.78 Å². The molecule has 1 atom stereocenters. The van der Waals surface area contributed by atoms with Gasteiger partial charge in [0.25, 0.3) is 0 Å². The normalized spacial score (nSPS) is 19.4. The van der Waals surface area contributed by atoms with Crippen LogP contribution < -0.4 is 5.32 Å². The first-order valence-electron chi connectivity index (χ1n) is 6.49. The summed E-state index contributed by atoms with van der Waals surface area (Å²) in [6, 6.07) is 2.67. The molecule has 0 bridgehead atoms. The van der Waals surface area contributed by atoms with E-state index in [4.69, 9.17) is 0 Å². The third kappa shape index (κ3) is 3.60. The highest BCUT2D eigenvalue weighted by Crippen LogP contribution is 2.23. The number of ketones is 1. The van der Waals surface area contributed by atoms with E-state index in [-0.39, 0.29) is 16.9 Å². The molecule has 0 aromatic heterocycles. The maximum atomic E-state index is 13.8. The topological polar surface area (TPSA) is 29.1 Å². The van der Waals surface area contributed by atoms with Gasteiger partial charge in [-0.1, -0.05) is 6.42 Å². The van der Waals surface area contributed by atoms with Crippen LogP contribution in [0.1, 0.15) is 42.5 Å². The van der Waals surface area contributed by atoms with Gasteiger partial charge in [-0.2, -0.15) is 0 Å². The summed E-state index contributed by atoms with van der Waals surface area (Å²) in [4.78, 5) is 12.0. The Morgan fingerprint density at radius 1 is 1.37 bits per heavy atom. The Morgan fingerprint density at radius 2 is 2.16 bits per heavy atom. The fourth-order valence-electron chi connectivity index (χ4n) is 2.38. The number of piperidine rings is 1. The van der Waals surface area contributed by atoms with Crippen molar-refractivity contribution in [3.05, 3.63) is 33.8 Å². The molecule has 1 fully saturated rings. The summed E-state index contributed by atoms with van der Waals surface area (Å²) in [5.41, 5.74) is -0.426. The number of carbonyl (C=O) groups excluding carboxylic acids is 1. The average Bonchev–Trinajstić information content (AvgIpc) is 2.42. The summed E-state index contributed by atoms with van der Waals surface area (Å²) >= 11 is 2.97. The highest BCUT2D eigenvalue weighted by molar-refractivity contribution is 9.10. The van der Waals surface area contributed by atoms with Crippen molar-refractivity contribution >= 4 is 21.7 Å². The van der Waals surface area contributed by atoms with Gasteiger partial charge in [0.05, 0.1) is 10.0 Å². The van der Waals surface area contributed by atoms with Crippen molar-refractivity contribution in [2.24, 2.45) is 0 Å². The Hall–Kier alpha value is -0.810. The lowest BCUT2D eigenvalue weighted by molar-refractivity contribution is 0.0966. The second kappa shape index (κ2) is 6.57. The fourth-order valence-corrected chi connectivity index (χ4v) is 2.71. The Morgan fingerprint density at radius 3 is 2.84 bits per heavy atom. The molecule has 1 aromatic carbocycles. The van der Waals surface area contributed by atoms with Crippen molar-refractivity contribution in [3.8, 4) is 0 Å². The summed E-state index contributed by atoms with van der Waals surface area (Å²) in [5.74, 6) is -2.06. The summed E-state index contributed by atoms with van der Waals surface area (Å²) in [7, 11) is 0. The lowest BCUT2D eigenvalue weighted by Gasteiger charge is -2.23. The van der Waals surface area contributed by atoms with E-state index >= 15 is 0 Å². The molecule has 1 saturated heterocycles. The highest BCUT2D eigenvalue weighted by Gasteiger charge is 2.21. The number of Topliss-reactive ketones (excluding diaryl/α,β-unsaturated/α-hetero) is 1. The summed E-state index contributed by atoms with van der Waals surface area (Å²) in [6.07, 6.45) is 4.12. The summed E-state index contributed by atoms with van der Waals surface area (Å²) in [5, 5.41) is 3.32.